The number of para-hydroxylation sites is 2. The molecule has 0 heterocycles. The van der Waals surface area contributed by atoms with Crippen molar-refractivity contribution in [3.05, 3.63) is 58.7 Å². The topological polar surface area (TPSA) is 36.1 Å². The van der Waals surface area contributed by atoms with E-state index in [1.165, 1.54) is 33.6 Å². The van der Waals surface area contributed by atoms with Gasteiger partial charge in [0.2, 0.25) is 0 Å². The van der Waals surface area contributed by atoms with Gasteiger partial charge in [0.25, 0.3) is 0 Å². The van der Waals surface area contributed by atoms with E-state index in [0.29, 0.717) is 0 Å². The zero-order valence-corrected chi connectivity index (χ0v) is 20.1. The Kier molecular flexibility index (Phi) is 15.5. The summed E-state index contributed by atoms with van der Waals surface area (Å²) in [4.78, 5) is 0. The Morgan fingerprint density at radius 2 is 0.885 bits per heavy atom. The van der Waals surface area contributed by atoms with E-state index in [-0.39, 0.29) is 50.7 Å². The maximum Gasteiger partial charge on any atom is 2.00 e. The third-order valence-corrected chi connectivity index (χ3v) is 4.17. The minimum Gasteiger partial charge on any atom is -1.00 e. The number of hydrogen-bond donors (Lipinski definition) is 3. The average molecular weight is 530 g/mol. The minimum atomic E-state index is 0. The molecule has 0 bridgehead atoms. The van der Waals surface area contributed by atoms with E-state index in [1.54, 1.807) is 0 Å². The summed E-state index contributed by atoms with van der Waals surface area (Å²) in [5.74, 6) is 0. The molecule has 0 aromatic heterocycles. The van der Waals surface area contributed by atoms with Crippen LogP contribution in [0.5, 0.6) is 0 Å². The fourth-order valence-corrected chi connectivity index (χ4v) is 2.86. The first-order valence-corrected chi connectivity index (χ1v) is 8.40. The molecular weight excluding hydrogens is 501 g/mol. The van der Waals surface area contributed by atoms with Crippen molar-refractivity contribution < 1.29 is 50.7 Å². The molecule has 0 amide bonds. The summed E-state index contributed by atoms with van der Waals surface area (Å²) in [6.07, 6.45) is 0. The number of benzene rings is 2. The first-order valence-electron chi connectivity index (χ1n) is 8.40. The van der Waals surface area contributed by atoms with Crippen LogP contribution in [-0.4, -0.2) is 26.2 Å². The molecule has 3 N–H and O–H groups in total. The first kappa shape index (κ1) is 27.7. The van der Waals surface area contributed by atoms with Crippen molar-refractivity contribution >= 4 is 11.4 Å². The summed E-state index contributed by atoms with van der Waals surface area (Å²) in [6.45, 7) is 12.4. The molecule has 147 valence electrons. The quantitative estimate of drug-likeness (QED) is 0.348. The predicted molar refractivity (Wildman–Crippen MR) is 102 cm³/mol. The second kappa shape index (κ2) is 14.5. The van der Waals surface area contributed by atoms with Gasteiger partial charge in [-0.05, 0) is 49.9 Å². The SMILES string of the molecule is Cc1cccc(C)c1NCCNCCNc1c(C)cccc1C.[Br-].[Br-].[Co+2]. The fraction of sp³-hybridized carbons (Fsp3) is 0.400. The molecule has 2 aromatic carbocycles. The number of hydrogen-bond acceptors (Lipinski definition) is 3. The van der Waals surface area contributed by atoms with Crippen LogP contribution < -0.4 is 49.9 Å². The third kappa shape index (κ3) is 8.44. The number of halogens is 2. The summed E-state index contributed by atoms with van der Waals surface area (Å²) >= 11 is 0. The maximum atomic E-state index is 3.53. The summed E-state index contributed by atoms with van der Waals surface area (Å²) in [5, 5.41) is 10.5. The van der Waals surface area contributed by atoms with Crippen molar-refractivity contribution in [3.8, 4) is 0 Å². The van der Waals surface area contributed by atoms with Gasteiger partial charge in [-0.25, -0.2) is 0 Å². The van der Waals surface area contributed by atoms with E-state index >= 15 is 0 Å². The Labute approximate surface area is 189 Å². The zero-order valence-electron chi connectivity index (χ0n) is 15.9. The van der Waals surface area contributed by atoms with Crippen LogP contribution in [0, 0.1) is 27.7 Å². The van der Waals surface area contributed by atoms with Gasteiger partial charge in [-0.2, -0.15) is 0 Å². The van der Waals surface area contributed by atoms with Gasteiger partial charge in [-0.3, -0.25) is 0 Å². The van der Waals surface area contributed by atoms with Gasteiger partial charge in [-0.1, -0.05) is 36.4 Å². The van der Waals surface area contributed by atoms with Crippen LogP contribution in [0.2, 0.25) is 0 Å². The summed E-state index contributed by atoms with van der Waals surface area (Å²) in [7, 11) is 0. The Morgan fingerprint density at radius 1 is 0.577 bits per heavy atom. The van der Waals surface area contributed by atoms with Crippen molar-refractivity contribution in [2.75, 3.05) is 36.8 Å². The molecule has 1 radical (unpaired) electrons. The second-order valence-electron chi connectivity index (χ2n) is 6.14. The zero-order chi connectivity index (χ0) is 16.7. The summed E-state index contributed by atoms with van der Waals surface area (Å²) < 4.78 is 0. The Morgan fingerprint density at radius 3 is 1.19 bits per heavy atom. The number of aryl methyl sites for hydroxylation is 4. The maximum absolute atomic E-state index is 3.53. The minimum absolute atomic E-state index is 0. The van der Waals surface area contributed by atoms with Gasteiger partial charge >= 0.3 is 16.8 Å². The molecule has 3 nitrogen and oxygen atoms in total. The monoisotopic (exact) mass is 528 g/mol. The summed E-state index contributed by atoms with van der Waals surface area (Å²) in [5.41, 5.74) is 7.76. The van der Waals surface area contributed by atoms with E-state index < -0.39 is 0 Å². The van der Waals surface area contributed by atoms with Crippen molar-refractivity contribution in [1.29, 1.82) is 0 Å². The molecule has 0 fully saturated rings. The van der Waals surface area contributed by atoms with Gasteiger partial charge in [0.05, 0.1) is 0 Å². The normalized spacial score (nSPS) is 9.38. The van der Waals surface area contributed by atoms with Crippen LogP contribution >= 0.6 is 0 Å². The molecule has 2 rings (SSSR count). The Hall–Kier alpha value is -0.534. The molecule has 0 atom stereocenters. The van der Waals surface area contributed by atoms with Gasteiger partial charge in [0.1, 0.15) is 0 Å². The smallest absolute Gasteiger partial charge is 1.00 e. The van der Waals surface area contributed by atoms with Gasteiger partial charge in [-0.15, -0.1) is 0 Å². The number of anilines is 2. The molecule has 0 saturated heterocycles. The van der Waals surface area contributed by atoms with Crippen molar-refractivity contribution in [2.45, 2.75) is 27.7 Å². The van der Waals surface area contributed by atoms with Crippen LogP contribution in [-0.2, 0) is 16.8 Å². The Balaban J connectivity index is 0. The van der Waals surface area contributed by atoms with Crippen LogP contribution in [0.15, 0.2) is 36.4 Å². The largest absolute Gasteiger partial charge is 2.00 e. The van der Waals surface area contributed by atoms with Crippen LogP contribution in [0.3, 0.4) is 0 Å². The molecule has 6 heteroatoms. The van der Waals surface area contributed by atoms with Crippen LogP contribution in [0.25, 0.3) is 0 Å². The number of nitrogens with one attached hydrogen (secondary N) is 3. The van der Waals surface area contributed by atoms with Crippen LogP contribution in [0.4, 0.5) is 11.4 Å². The predicted octanol–water partition coefficient (Wildman–Crippen LogP) is -1.96. The van der Waals surface area contributed by atoms with Crippen LogP contribution in [0.1, 0.15) is 22.3 Å². The molecule has 0 spiro atoms. The molecule has 0 unspecified atom stereocenters. The van der Waals surface area contributed by atoms with Crippen molar-refractivity contribution in [1.82, 2.24) is 5.32 Å². The van der Waals surface area contributed by atoms with Gasteiger partial charge in [0.15, 0.2) is 0 Å². The van der Waals surface area contributed by atoms with Gasteiger partial charge in [0, 0.05) is 37.6 Å². The molecule has 2 aromatic rings. The molecule has 0 aliphatic rings. The first-order chi connectivity index (χ1) is 11.1. The van der Waals surface area contributed by atoms with E-state index in [0.717, 1.165) is 26.2 Å². The summed E-state index contributed by atoms with van der Waals surface area (Å²) in [6, 6.07) is 12.8. The molecule has 26 heavy (non-hydrogen) atoms. The van der Waals surface area contributed by atoms with E-state index in [4.69, 9.17) is 0 Å². The fourth-order valence-electron chi connectivity index (χ4n) is 2.86. The Bertz CT molecular complexity index is 555. The molecule has 0 saturated carbocycles. The standard InChI is InChI=1S/C20H29N3.2BrH.Co/c1-15-7-5-8-16(2)19(15)22-13-11-21-12-14-23-20-17(3)9-6-10-18(20)4;;;/h5-10,21-23H,11-14H2,1-4H3;2*1H;/q;;;+2/p-2. The van der Waals surface area contributed by atoms with Gasteiger partial charge < -0.3 is 49.9 Å². The molecule has 0 aliphatic heterocycles. The van der Waals surface area contributed by atoms with Crippen molar-refractivity contribution in [2.24, 2.45) is 0 Å². The second-order valence-corrected chi connectivity index (χ2v) is 6.14. The average Bonchev–Trinajstić information content (AvgIpc) is 2.51. The number of rotatable bonds is 8. The van der Waals surface area contributed by atoms with E-state index in [2.05, 4.69) is 80.0 Å². The molecule has 0 aliphatic carbocycles. The van der Waals surface area contributed by atoms with Crippen molar-refractivity contribution in [3.63, 3.8) is 0 Å². The van der Waals surface area contributed by atoms with E-state index in [1.807, 2.05) is 0 Å². The molecular formula is C20H29Br2CoN3. The van der Waals surface area contributed by atoms with E-state index in [9.17, 15) is 0 Å². The third-order valence-electron chi connectivity index (χ3n) is 4.17.